The number of aliphatic hydroxyl groups is 1. The van der Waals surface area contributed by atoms with E-state index in [4.69, 9.17) is 0 Å². The van der Waals surface area contributed by atoms with Crippen LogP contribution in [0.25, 0.3) is 5.69 Å². The van der Waals surface area contributed by atoms with Gasteiger partial charge in [-0.25, -0.2) is 4.68 Å². The van der Waals surface area contributed by atoms with Crippen molar-refractivity contribution in [1.29, 1.82) is 0 Å². The maximum atomic E-state index is 10.3. The first-order valence-electron chi connectivity index (χ1n) is 8.32. The maximum absolute atomic E-state index is 10.3. The lowest BCUT2D eigenvalue weighted by atomic mass is 9.87. The number of nitrogens with zero attached hydrogens (tertiary/aromatic N) is 2. The second-order valence-corrected chi connectivity index (χ2v) is 7.37. The molecule has 3 nitrogen and oxygen atoms in total. The van der Waals surface area contributed by atoms with Gasteiger partial charge in [0.2, 0.25) is 0 Å². The number of benzene rings is 1. The first-order chi connectivity index (χ1) is 10.5. The highest BCUT2D eigenvalue weighted by molar-refractivity contribution is 5.39. The van der Waals surface area contributed by atoms with Crippen LogP contribution in [-0.2, 0) is 11.8 Å². The Kier molecular flexibility index (Phi) is 4.09. The van der Waals surface area contributed by atoms with Crippen LogP contribution in [0, 0.1) is 0 Å². The monoisotopic (exact) mass is 298 g/mol. The minimum absolute atomic E-state index is 0.160. The van der Waals surface area contributed by atoms with Crippen molar-refractivity contribution >= 4 is 0 Å². The molecule has 22 heavy (non-hydrogen) atoms. The van der Waals surface area contributed by atoms with Gasteiger partial charge in [-0.2, -0.15) is 5.10 Å². The number of rotatable bonds is 1. The van der Waals surface area contributed by atoms with E-state index in [-0.39, 0.29) is 11.5 Å². The van der Waals surface area contributed by atoms with Gasteiger partial charge in [-0.15, -0.1) is 0 Å². The van der Waals surface area contributed by atoms with E-state index >= 15 is 0 Å². The summed E-state index contributed by atoms with van der Waals surface area (Å²) in [7, 11) is 0. The third-order valence-electron chi connectivity index (χ3n) is 4.63. The van der Waals surface area contributed by atoms with Crippen LogP contribution in [0.5, 0.6) is 0 Å². The quantitative estimate of drug-likeness (QED) is 0.851. The summed E-state index contributed by atoms with van der Waals surface area (Å²) in [6, 6.07) is 8.64. The van der Waals surface area contributed by atoms with Gasteiger partial charge in [-0.3, -0.25) is 0 Å². The predicted octanol–water partition coefficient (Wildman–Crippen LogP) is 4.32. The average Bonchev–Trinajstić information content (AvgIpc) is 2.87. The lowest BCUT2D eigenvalue weighted by molar-refractivity contribution is 0.160. The van der Waals surface area contributed by atoms with Gasteiger partial charge in [0.1, 0.15) is 0 Å². The molecule has 1 aliphatic carbocycles. The highest BCUT2D eigenvalue weighted by atomic mass is 16.3. The smallest absolute Gasteiger partial charge is 0.0823 e. The highest BCUT2D eigenvalue weighted by Gasteiger charge is 2.21. The standard InChI is InChI=1S/C19H26N2O/c1-19(2,3)14-9-11-15(12-10-14)21-17-7-5-4-6-8-18(22)16(17)13-20-21/h9-13,18,22H,4-8H2,1-3H3. The van der Waals surface area contributed by atoms with Crippen molar-refractivity contribution in [3.63, 3.8) is 0 Å². The van der Waals surface area contributed by atoms with E-state index in [1.54, 1.807) is 0 Å². The topological polar surface area (TPSA) is 38.0 Å². The molecule has 0 fully saturated rings. The van der Waals surface area contributed by atoms with Crippen LogP contribution in [0.15, 0.2) is 30.5 Å². The van der Waals surface area contributed by atoms with E-state index in [9.17, 15) is 5.11 Å². The van der Waals surface area contributed by atoms with E-state index in [0.717, 1.165) is 30.5 Å². The van der Waals surface area contributed by atoms with Crippen molar-refractivity contribution < 1.29 is 5.11 Å². The summed E-state index contributed by atoms with van der Waals surface area (Å²) in [5.41, 5.74) is 4.76. The van der Waals surface area contributed by atoms with Gasteiger partial charge in [0.15, 0.2) is 0 Å². The fourth-order valence-corrected chi connectivity index (χ4v) is 3.20. The molecule has 118 valence electrons. The van der Waals surface area contributed by atoms with E-state index in [1.807, 2.05) is 10.9 Å². The molecule has 0 amide bonds. The Hall–Kier alpha value is -1.61. The molecule has 0 saturated heterocycles. The Balaban J connectivity index is 1.97. The minimum Gasteiger partial charge on any atom is -0.388 e. The third-order valence-corrected chi connectivity index (χ3v) is 4.63. The normalized spacial score (nSPS) is 19.4. The van der Waals surface area contributed by atoms with Crippen molar-refractivity contribution in [2.45, 2.75) is 64.4 Å². The largest absolute Gasteiger partial charge is 0.388 e. The molecule has 1 aliphatic rings. The minimum atomic E-state index is -0.363. The number of aromatic nitrogens is 2. The summed E-state index contributed by atoms with van der Waals surface area (Å²) in [5, 5.41) is 14.9. The summed E-state index contributed by atoms with van der Waals surface area (Å²) in [6.07, 6.45) is 6.79. The Bertz CT molecular complexity index is 634. The molecular weight excluding hydrogens is 272 g/mol. The molecule has 1 heterocycles. The number of fused-ring (bicyclic) bond motifs is 1. The summed E-state index contributed by atoms with van der Waals surface area (Å²) >= 11 is 0. The Morgan fingerprint density at radius 2 is 1.82 bits per heavy atom. The molecule has 0 bridgehead atoms. The molecule has 2 aromatic rings. The van der Waals surface area contributed by atoms with Gasteiger partial charge in [0, 0.05) is 5.56 Å². The average molecular weight is 298 g/mol. The molecule has 0 saturated carbocycles. The lowest BCUT2D eigenvalue weighted by Gasteiger charge is -2.20. The second-order valence-electron chi connectivity index (χ2n) is 7.37. The molecule has 1 aromatic heterocycles. The van der Waals surface area contributed by atoms with Crippen molar-refractivity contribution in [1.82, 2.24) is 9.78 Å². The molecule has 3 rings (SSSR count). The Morgan fingerprint density at radius 1 is 1.09 bits per heavy atom. The van der Waals surface area contributed by atoms with Gasteiger partial charge in [0.25, 0.3) is 0 Å². The van der Waals surface area contributed by atoms with E-state index in [0.29, 0.717) is 0 Å². The molecular formula is C19H26N2O. The van der Waals surface area contributed by atoms with Crippen molar-refractivity contribution in [2.24, 2.45) is 0 Å². The molecule has 1 N–H and O–H groups in total. The molecule has 0 radical (unpaired) electrons. The van der Waals surface area contributed by atoms with Crippen LogP contribution in [0.1, 0.15) is 69.4 Å². The summed E-state index contributed by atoms with van der Waals surface area (Å²) < 4.78 is 2.01. The van der Waals surface area contributed by atoms with Crippen molar-refractivity contribution in [3.05, 3.63) is 47.3 Å². The van der Waals surface area contributed by atoms with Gasteiger partial charge >= 0.3 is 0 Å². The first-order valence-corrected chi connectivity index (χ1v) is 8.32. The van der Waals surface area contributed by atoms with Crippen LogP contribution in [0.3, 0.4) is 0 Å². The second kappa shape index (κ2) is 5.88. The van der Waals surface area contributed by atoms with Gasteiger partial charge in [0.05, 0.1) is 23.7 Å². The number of aliphatic hydroxyl groups excluding tert-OH is 1. The maximum Gasteiger partial charge on any atom is 0.0823 e. The van der Waals surface area contributed by atoms with Gasteiger partial charge in [-0.05, 0) is 42.4 Å². The molecule has 0 aliphatic heterocycles. The van der Waals surface area contributed by atoms with Crippen molar-refractivity contribution in [2.75, 3.05) is 0 Å². The van der Waals surface area contributed by atoms with Crippen LogP contribution >= 0.6 is 0 Å². The summed E-state index contributed by atoms with van der Waals surface area (Å²) in [4.78, 5) is 0. The van der Waals surface area contributed by atoms with Crippen molar-refractivity contribution in [3.8, 4) is 5.69 Å². The fraction of sp³-hybridized carbons (Fsp3) is 0.526. The zero-order chi connectivity index (χ0) is 15.7. The zero-order valence-electron chi connectivity index (χ0n) is 13.8. The summed E-state index contributed by atoms with van der Waals surface area (Å²) in [6.45, 7) is 6.67. The number of hydrogen-bond donors (Lipinski definition) is 1. The SMILES string of the molecule is CC(C)(C)c1ccc(-n2ncc3c2CCCCCC3O)cc1. The lowest BCUT2D eigenvalue weighted by Crippen LogP contribution is -2.12. The third kappa shape index (κ3) is 2.95. The Labute approximate surface area is 133 Å². The number of hydrogen-bond acceptors (Lipinski definition) is 2. The predicted molar refractivity (Wildman–Crippen MR) is 89.4 cm³/mol. The molecule has 0 spiro atoms. The van der Waals surface area contributed by atoms with Crippen LogP contribution in [-0.4, -0.2) is 14.9 Å². The molecule has 3 heteroatoms. The van der Waals surface area contributed by atoms with Crippen LogP contribution in [0.2, 0.25) is 0 Å². The van der Waals surface area contributed by atoms with E-state index in [2.05, 4.69) is 50.1 Å². The first kappa shape index (κ1) is 15.3. The van der Waals surface area contributed by atoms with Gasteiger partial charge < -0.3 is 5.11 Å². The van der Waals surface area contributed by atoms with Crippen LogP contribution in [0.4, 0.5) is 0 Å². The summed E-state index contributed by atoms with van der Waals surface area (Å²) in [5.74, 6) is 0. The van der Waals surface area contributed by atoms with Gasteiger partial charge in [-0.1, -0.05) is 45.7 Å². The fourth-order valence-electron chi connectivity index (χ4n) is 3.20. The highest BCUT2D eigenvalue weighted by Crippen LogP contribution is 2.30. The Morgan fingerprint density at radius 3 is 2.50 bits per heavy atom. The molecule has 1 unspecified atom stereocenters. The molecule has 1 atom stereocenters. The van der Waals surface area contributed by atoms with E-state index < -0.39 is 0 Å². The van der Waals surface area contributed by atoms with E-state index in [1.165, 1.54) is 24.1 Å². The van der Waals surface area contributed by atoms with Crippen LogP contribution < -0.4 is 0 Å². The molecule has 1 aromatic carbocycles. The zero-order valence-corrected chi connectivity index (χ0v) is 13.8.